The summed E-state index contributed by atoms with van der Waals surface area (Å²) < 4.78 is 26.7. The van der Waals surface area contributed by atoms with E-state index >= 15 is 0 Å². The minimum atomic E-state index is -3.21. The quantitative estimate of drug-likeness (QED) is 0.547. The summed E-state index contributed by atoms with van der Waals surface area (Å²) in [6.45, 7) is 0.832. The third-order valence-electron chi connectivity index (χ3n) is 5.47. The van der Waals surface area contributed by atoms with Crippen LogP contribution in [0.1, 0.15) is 34.5 Å². The Morgan fingerprint density at radius 3 is 2.77 bits per heavy atom. The van der Waals surface area contributed by atoms with Gasteiger partial charge in [0, 0.05) is 12.1 Å². The van der Waals surface area contributed by atoms with E-state index < -0.39 is 24.5 Å². The van der Waals surface area contributed by atoms with Crippen molar-refractivity contribution in [3.05, 3.63) is 41.2 Å². The summed E-state index contributed by atoms with van der Waals surface area (Å²) in [5.41, 5.74) is 4.07. The van der Waals surface area contributed by atoms with Crippen LogP contribution >= 0.6 is 0 Å². The van der Waals surface area contributed by atoms with Gasteiger partial charge in [0.25, 0.3) is 12.3 Å². The Morgan fingerprint density at radius 2 is 2.13 bits per heavy atom. The summed E-state index contributed by atoms with van der Waals surface area (Å²) in [5.74, 6) is -0.549. The maximum absolute atomic E-state index is 13.3. The lowest BCUT2D eigenvalue weighted by molar-refractivity contribution is -0.129. The molecule has 5 N–H and O–H groups in total. The Balaban J connectivity index is 2.04. The van der Waals surface area contributed by atoms with Crippen LogP contribution in [-0.2, 0) is 5.60 Å². The molecular formula is C20H24F2N4O4. The van der Waals surface area contributed by atoms with Crippen LogP contribution in [0.4, 0.5) is 14.6 Å². The predicted octanol–water partition coefficient (Wildman–Crippen LogP) is 1.08. The van der Waals surface area contributed by atoms with E-state index in [0.717, 1.165) is 6.42 Å². The molecule has 1 fully saturated rings. The number of likely N-dealkylation sites (tertiary alicyclic amines) is 1. The Kier molecular flexibility index (Phi) is 6.30. The van der Waals surface area contributed by atoms with Crippen LogP contribution < -0.4 is 5.73 Å². The lowest BCUT2D eigenvalue weighted by atomic mass is 9.91. The molecule has 3 rings (SSSR count). The van der Waals surface area contributed by atoms with Gasteiger partial charge in [-0.05, 0) is 37.0 Å². The maximum atomic E-state index is 13.3. The number of nitrogens with zero attached hydrogens (tertiary/aromatic N) is 3. The number of aryl methyl sites for hydroxylation is 1. The average Bonchev–Trinajstić information content (AvgIpc) is 3.22. The van der Waals surface area contributed by atoms with Gasteiger partial charge in [0.15, 0.2) is 17.1 Å². The fourth-order valence-corrected chi connectivity index (χ4v) is 3.57. The Hall–Kier alpha value is -2.69. The van der Waals surface area contributed by atoms with Crippen LogP contribution in [0, 0.1) is 6.92 Å². The largest absolute Gasteiger partial charge is 0.394 e. The normalized spacial score (nSPS) is 18.6. The number of alkyl halides is 2. The second-order valence-corrected chi connectivity index (χ2v) is 7.38. The first-order valence-corrected chi connectivity index (χ1v) is 9.50. The number of hydrogen-bond acceptors (Lipinski definition) is 7. The van der Waals surface area contributed by atoms with E-state index in [4.69, 9.17) is 5.73 Å². The fraction of sp³-hybridized carbons (Fsp3) is 0.450. The molecule has 0 bridgehead atoms. The standard InChI is InChI=1S/C20H24F2N4O4/c1-11-4-5-12(20(30,10-28)19(21)22)7-14(11)15-8-24-17(23)16(25-15)18(29)26-6-2-3-13(26)9-27/h4-5,7-8,13,19,27-28,30H,2-3,6,9-10H2,1H3,(H2,23,24)/t13-,20-/m1/s1. The number of nitrogens with two attached hydrogens (primary N) is 1. The van der Waals surface area contributed by atoms with Gasteiger partial charge in [-0.25, -0.2) is 18.7 Å². The van der Waals surface area contributed by atoms with E-state index in [2.05, 4.69) is 9.97 Å². The molecule has 1 aliphatic heterocycles. The van der Waals surface area contributed by atoms with Crippen molar-refractivity contribution in [2.75, 3.05) is 25.5 Å². The zero-order chi connectivity index (χ0) is 22.1. The third-order valence-corrected chi connectivity index (χ3v) is 5.47. The Labute approximate surface area is 172 Å². The molecule has 1 saturated heterocycles. The van der Waals surface area contributed by atoms with Crippen LogP contribution in [0.15, 0.2) is 24.4 Å². The highest BCUT2D eigenvalue weighted by atomic mass is 19.3. The van der Waals surface area contributed by atoms with Gasteiger partial charge in [-0.1, -0.05) is 12.1 Å². The first-order chi connectivity index (χ1) is 14.2. The van der Waals surface area contributed by atoms with E-state index in [0.29, 0.717) is 24.1 Å². The SMILES string of the molecule is Cc1ccc([C@](O)(CO)C(F)F)cc1-c1cnc(N)c(C(=O)N2CCC[C@@H]2CO)n1. The number of aromatic nitrogens is 2. The van der Waals surface area contributed by atoms with E-state index in [1.165, 1.54) is 29.3 Å². The van der Waals surface area contributed by atoms with E-state index in [1.807, 2.05) is 0 Å². The number of aliphatic hydroxyl groups is 3. The zero-order valence-corrected chi connectivity index (χ0v) is 16.4. The van der Waals surface area contributed by atoms with Crippen molar-refractivity contribution in [1.82, 2.24) is 14.9 Å². The number of halogens is 2. The molecule has 0 radical (unpaired) electrons. The number of carbonyl (C=O) groups excluding carboxylic acids is 1. The molecule has 2 atom stereocenters. The highest BCUT2D eigenvalue weighted by Gasteiger charge is 2.39. The molecule has 0 unspecified atom stereocenters. The van der Waals surface area contributed by atoms with Gasteiger partial charge in [-0.2, -0.15) is 0 Å². The molecule has 8 nitrogen and oxygen atoms in total. The van der Waals surface area contributed by atoms with Crippen molar-refractivity contribution in [2.45, 2.75) is 37.8 Å². The monoisotopic (exact) mass is 422 g/mol. The summed E-state index contributed by atoms with van der Waals surface area (Å²) in [5, 5.41) is 29.0. The molecule has 2 aromatic rings. The molecule has 162 valence electrons. The van der Waals surface area contributed by atoms with E-state index in [-0.39, 0.29) is 35.4 Å². The summed E-state index contributed by atoms with van der Waals surface area (Å²) in [7, 11) is 0. The number of nitrogen functional groups attached to an aromatic ring is 1. The predicted molar refractivity (Wildman–Crippen MR) is 105 cm³/mol. The lowest BCUT2D eigenvalue weighted by Crippen LogP contribution is -2.38. The molecule has 0 saturated carbocycles. The van der Waals surface area contributed by atoms with Crippen LogP contribution in [0.25, 0.3) is 11.3 Å². The molecule has 1 aromatic carbocycles. The number of hydrogen-bond donors (Lipinski definition) is 4. The molecule has 1 aromatic heterocycles. The summed E-state index contributed by atoms with van der Waals surface area (Å²) in [6.07, 6.45) is -0.479. The topological polar surface area (TPSA) is 133 Å². The number of anilines is 1. The zero-order valence-electron chi connectivity index (χ0n) is 16.4. The van der Waals surface area contributed by atoms with Gasteiger partial charge in [0.1, 0.15) is 0 Å². The second kappa shape index (κ2) is 8.58. The lowest BCUT2D eigenvalue weighted by Gasteiger charge is -2.26. The minimum Gasteiger partial charge on any atom is -0.394 e. The smallest absolute Gasteiger partial charge is 0.276 e. The molecule has 30 heavy (non-hydrogen) atoms. The number of carbonyl (C=O) groups is 1. The van der Waals surface area contributed by atoms with Crippen LogP contribution in [0.3, 0.4) is 0 Å². The Bertz CT molecular complexity index is 943. The maximum Gasteiger partial charge on any atom is 0.276 e. The van der Waals surface area contributed by atoms with Crippen LogP contribution in [-0.4, -0.2) is 68.3 Å². The summed E-state index contributed by atoms with van der Waals surface area (Å²) in [4.78, 5) is 22.8. The number of amides is 1. The minimum absolute atomic E-state index is 0.0828. The molecule has 2 heterocycles. The van der Waals surface area contributed by atoms with Gasteiger partial charge in [0.05, 0.1) is 31.1 Å². The van der Waals surface area contributed by atoms with Gasteiger partial charge in [-0.15, -0.1) is 0 Å². The summed E-state index contributed by atoms with van der Waals surface area (Å²) >= 11 is 0. The molecule has 1 aliphatic rings. The fourth-order valence-electron chi connectivity index (χ4n) is 3.57. The van der Waals surface area contributed by atoms with Crippen molar-refractivity contribution in [2.24, 2.45) is 0 Å². The van der Waals surface area contributed by atoms with Crippen LogP contribution in [0.5, 0.6) is 0 Å². The first-order valence-electron chi connectivity index (χ1n) is 9.50. The van der Waals surface area contributed by atoms with Crippen molar-refractivity contribution in [3.8, 4) is 11.3 Å². The average molecular weight is 422 g/mol. The molecule has 0 spiro atoms. The number of aliphatic hydroxyl groups excluding tert-OH is 2. The van der Waals surface area contributed by atoms with Crippen molar-refractivity contribution < 1.29 is 28.9 Å². The Morgan fingerprint density at radius 1 is 1.40 bits per heavy atom. The van der Waals surface area contributed by atoms with E-state index in [1.54, 1.807) is 6.92 Å². The van der Waals surface area contributed by atoms with Crippen molar-refractivity contribution >= 4 is 11.7 Å². The molecule has 0 aliphatic carbocycles. The molecular weight excluding hydrogens is 398 g/mol. The summed E-state index contributed by atoms with van der Waals surface area (Å²) in [6, 6.07) is 3.78. The third kappa shape index (κ3) is 3.85. The van der Waals surface area contributed by atoms with E-state index in [9.17, 15) is 28.9 Å². The van der Waals surface area contributed by atoms with Crippen LogP contribution in [0.2, 0.25) is 0 Å². The van der Waals surface area contributed by atoms with Gasteiger partial charge < -0.3 is 26.0 Å². The highest BCUT2D eigenvalue weighted by molar-refractivity contribution is 5.97. The second-order valence-electron chi connectivity index (χ2n) is 7.38. The van der Waals surface area contributed by atoms with Gasteiger partial charge in [0.2, 0.25) is 0 Å². The molecule has 10 heteroatoms. The van der Waals surface area contributed by atoms with Gasteiger partial charge in [-0.3, -0.25) is 4.79 Å². The molecule has 1 amide bonds. The van der Waals surface area contributed by atoms with Crippen molar-refractivity contribution in [3.63, 3.8) is 0 Å². The number of benzene rings is 1. The van der Waals surface area contributed by atoms with Crippen molar-refractivity contribution in [1.29, 1.82) is 0 Å². The first kappa shape index (κ1) is 22.0. The van der Waals surface area contributed by atoms with Gasteiger partial charge >= 0.3 is 0 Å². The number of rotatable bonds is 6. The highest BCUT2D eigenvalue weighted by Crippen LogP contribution is 2.33.